The Labute approximate surface area is 99.4 Å². The molecule has 5 nitrogen and oxygen atoms in total. The van der Waals surface area contributed by atoms with Crippen molar-refractivity contribution in [1.82, 2.24) is 0 Å². The molecule has 1 aromatic rings. The van der Waals surface area contributed by atoms with Crippen molar-refractivity contribution in [3.63, 3.8) is 0 Å². The van der Waals surface area contributed by atoms with Gasteiger partial charge in [0.25, 0.3) is 5.91 Å². The number of rotatable bonds is 1. The van der Waals surface area contributed by atoms with Crippen LogP contribution in [0, 0.1) is 0 Å². The fraction of sp³-hybridized carbons (Fsp3) is 0.333. The first-order valence-corrected chi connectivity index (χ1v) is 5.35. The van der Waals surface area contributed by atoms with Crippen molar-refractivity contribution >= 4 is 23.2 Å². The number of nitrogens with zero attached hydrogens (tertiary/aromatic N) is 1. The number of nitrogen functional groups attached to an aromatic ring is 1. The van der Waals surface area contributed by atoms with E-state index >= 15 is 0 Å². The molecule has 0 fully saturated rings. The van der Waals surface area contributed by atoms with Crippen LogP contribution in [0.1, 0.15) is 19.4 Å². The van der Waals surface area contributed by atoms with Crippen molar-refractivity contribution < 1.29 is 9.59 Å². The average molecular weight is 233 g/mol. The number of carbonyl (C=O) groups is 2. The van der Waals surface area contributed by atoms with Crippen LogP contribution >= 0.6 is 0 Å². The van der Waals surface area contributed by atoms with Gasteiger partial charge in [0, 0.05) is 5.69 Å². The molecule has 1 aromatic carbocycles. The van der Waals surface area contributed by atoms with E-state index in [1.807, 2.05) is 0 Å². The Morgan fingerprint density at radius 2 is 2.06 bits per heavy atom. The lowest BCUT2D eigenvalue weighted by atomic mass is 10.1. The highest BCUT2D eigenvalue weighted by Gasteiger charge is 2.38. The summed E-state index contributed by atoms with van der Waals surface area (Å²) in [5, 5.41) is 0. The van der Waals surface area contributed by atoms with E-state index in [2.05, 4.69) is 0 Å². The van der Waals surface area contributed by atoms with Gasteiger partial charge in [-0.25, -0.2) is 4.90 Å². The zero-order valence-corrected chi connectivity index (χ0v) is 9.86. The lowest BCUT2D eigenvalue weighted by Crippen LogP contribution is -2.52. The Bertz CT molecular complexity index is 503. The number of hydrogen-bond acceptors (Lipinski definition) is 4. The number of hydrogen-bond donors (Lipinski definition) is 2. The monoisotopic (exact) mass is 233 g/mol. The van der Waals surface area contributed by atoms with Crippen molar-refractivity contribution in [1.29, 1.82) is 0 Å². The summed E-state index contributed by atoms with van der Waals surface area (Å²) in [6, 6.07) is 5.06. The maximum atomic E-state index is 12.1. The van der Waals surface area contributed by atoms with Gasteiger partial charge in [-0.05, 0) is 37.6 Å². The fourth-order valence-electron chi connectivity index (χ4n) is 1.85. The Kier molecular flexibility index (Phi) is 2.43. The Morgan fingerprint density at radius 1 is 1.41 bits per heavy atom. The summed E-state index contributed by atoms with van der Waals surface area (Å²) in [6.07, 6.45) is 0.197. The summed E-state index contributed by atoms with van der Waals surface area (Å²) in [4.78, 5) is 25.1. The number of carbonyl (C=O) groups excluding carboxylic acids is 2. The van der Waals surface area contributed by atoms with Gasteiger partial charge >= 0.3 is 0 Å². The molecular weight excluding hydrogens is 218 g/mol. The smallest absolute Gasteiger partial charge is 0.253 e. The molecule has 0 saturated heterocycles. The minimum Gasteiger partial charge on any atom is -0.399 e. The van der Waals surface area contributed by atoms with Gasteiger partial charge < -0.3 is 11.5 Å². The van der Waals surface area contributed by atoms with Crippen molar-refractivity contribution in [3.8, 4) is 0 Å². The molecule has 17 heavy (non-hydrogen) atoms. The zero-order chi connectivity index (χ0) is 12.8. The maximum Gasteiger partial charge on any atom is 0.253 e. The number of fused-ring (bicyclic) bond motifs is 1. The summed E-state index contributed by atoms with van der Waals surface area (Å²) < 4.78 is 0. The van der Waals surface area contributed by atoms with Crippen LogP contribution in [-0.4, -0.2) is 17.4 Å². The van der Waals surface area contributed by atoms with Gasteiger partial charge in [0.15, 0.2) is 0 Å². The van der Waals surface area contributed by atoms with Crippen molar-refractivity contribution in [3.05, 3.63) is 23.8 Å². The summed E-state index contributed by atoms with van der Waals surface area (Å²) in [5.41, 5.74) is 12.3. The average Bonchev–Trinajstić information content (AvgIpc) is 2.50. The van der Waals surface area contributed by atoms with E-state index in [0.717, 1.165) is 10.5 Å². The Morgan fingerprint density at radius 3 is 2.65 bits per heavy atom. The van der Waals surface area contributed by atoms with Crippen LogP contribution in [0.5, 0.6) is 0 Å². The normalized spacial score (nSPS) is 15.0. The van der Waals surface area contributed by atoms with E-state index in [0.29, 0.717) is 11.4 Å². The van der Waals surface area contributed by atoms with Crippen LogP contribution in [0.4, 0.5) is 11.4 Å². The number of amides is 2. The first-order chi connectivity index (χ1) is 7.80. The van der Waals surface area contributed by atoms with E-state index in [9.17, 15) is 9.59 Å². The SMILES string of the molecule is CC(C)(N)C(=O)N1C(=O)Cc2cc(N)ccc21. The second kappa shape index (κ2) is 3.56. The van der Waals surface area contributed by atoms with Gasteiger partial charge in [0.1, 0.15) is 0 Å². The van der Waals surface area contributed by atoms with E-state index < -0.39 is 11.4 Å². The van der Waals surface area contributed by atoms with Gasteiger partial charge in [-0.15, -0.1) is 0 Å². The molecule has 0 saturated carbocycles. The highest BCUT2D eigenvalue weighted by molar-refractivity contribution is 6.21. The highest BCUT2D eigenvalue weighted by atomic mass is 16.2. The molecule has 2 amide bonds. The minimum absolute atomic E-state index is 0.197. The quantitative estimate of drug-likeness (QED) is 0.688. The summed E-state index contributed by atoms with van der Waals surface area (Å²) in [7, 11) is 0. The number of imide groups is 1. The topological polar surface area (TPSA) is 89.4 Å². The van der Waals surface area contributed by atoms with Crippen molar-refractivity contribution in [2.45, 2.75) is 25.8 Å². The molecule has 2 rings (SSSR count). The summed E-state index contributed by atoms with van der Waals surface area (Å²) in [6.45, 7) is 3.16. The molecule has 0 radical (unpaired) electrons. The van der Waals surface area contributed by atoms with Crippen LogP contribution < -0.4 is 16.4 Å². The van der Waals surface area contributed by atoms with Gasteiger partial charge in [-0.3, -0.25) is 9.59 Å². The third-order valence-corrected chi connectivity index (χ3v) is 2.69. The number of benzene rings is 1. The lowest BCUT2D eigenvalue weighted by Gasteiger charge is -2.24. The van der Waals surface area contributed by atoms with Gasteiger partial charge in [-0.1, -0.05) is 0 Å². The second-order valence-electron chi connectivity index (χ2n) is 4.82. The van der Waals surface area contributed by atoms with E-state index in [4.69, 9.17) is 11.5 Å². The van der Waals surface area contributed by atoms with Crippen molar-refractivity contribution in [2.24, 2.45) is 5.73 Å². The van der Waals surface area contributed by atoms with Crippen LogP contribution in [-0.2, 0) is 16.0 Å². The molecule has 1 aliphatic heterocycles. The van der Waals surface area contributed by atoms with Crippen LogP contribution in [0.3, 0.4) is 0 Å². The molecular formula is C12H15N3O2. The van der Waals surface area contributed by atoms with Crippen LogP contribution in [0.15, 0.2) is 18.2 Å². The minimum atomic E-state index is -1.07. The molecule has 0 unspecified atom stereocenters. The summed E-state index contributed by atoms with van der Waals surface area (Å²) in [5.74, 6) is -0.653. The van der Waals surface area contributed by atoms with Crippen LogP contribution in [0.25, 0.3) is 0 Å². The van der Waals surface area contributed by atoms with Crippen LogP contribution in [0.2, 0.25) is 0 Å². The lowest BCUT2D eigenvalue weighted by molar-refractivity contribution is -0.128. The first-order valence-electron chi connectivity index (χ1n) is 5.35. The third-order valence-electron chi connectivity index (χ3n) is 2.69. The summed E-state index contributed by atoms with van der Waals surface area (Å²) >= 11 is 0. The van der Waals surface area contributed by atoms with Crippen molar-refractivity contribution in [2.75, 3.05) is 10.6 Å². The molecule has 0 bridgehead atoms. The third kappa shape index (κ3) is 1.89. The van der Waals surface area contributed by atoms with Gasteiger partial charge in [0.2, 0.25) is 5.91 Å². The number of nitrogens with two attached hydrogens (primary N) is 2. The zero-order valence-electron chi connectivity index (χ0n) is 9.86. The Hall–Kier alpha value is -1.88. The predicted octanol–water partition coefficient (Wildman–Crippen LogP) is 0.422. The highest BCUT2D eigenvalue weighted by Crippen LogP contribution is 2.31. The molecule has 0 atom stereocenters. The van der Waals surface area contributed by atoms with Gasteiger partial charge in [0.05, 0.1) is 17.6 Å². The molecule has 1 heterocycles. The maximum absolute atomic E-state index is 12.1. The molecule has 4 N–H and O–H groups in total. The predicted molar refractivity (Wildman–Crippen MR) is 65.3 cm³/mol. The largest absolute Gasteiger partial charge is 0.399 e. The second-order valence-corrected chi connectivity index (χ2v) is 4.82. The van der Waals surface area contributed by atoms with E-state index in [1.54, 1.807) is 32.0 Å². The molecule has 5 heteroatoms. The first kappa shape index (κ1) is 11.6. The Balaban J connectivity index is 2.46. The standard InChI is InChI=1S/C12H15N3O2/c1-12(2,14)11(17)15-9-4-3-8(13)5-7(9)6-10(15)16/h3-5H,6,13-14H2,1-2H3. The molecule has 0 spiro atoms. The van der Waals surface area contributed by atoms with Gasteiger partial charge in [-0.2, -0.15) is 0 Å². The molecule has 90 valence electrons. The molecule has 1 aliphatic rings. The molecule has 0 aromatic heterocycles. The number of anilines is 2. The van der Waals surface area contributed by atoms with E-state index in [1.165, 1.54) is 0 Å². The molecule has 0 aliphatic carbocycles. The fourth-order valence-corrected chi connectivity index (χ4v) is 1.85. The van der Waals surface area contributed by atoms with E-state index in [-0.39, 0.29) is 12.3 Å².